The number of rotatable bonds is 3. The second kappa shape index (κ2) is 5.40. The van der Waals surface area contributed by atoms with Crippen molar-refractivity contribution in [1.82, 2.24) is 4.98 Å². The Hall–Kier alpha value is -2.63. The van der Waals surface area contributed by atoms with E-state index in [9.17, 15) is 9.90 Å². The van der Waals surface area contributed by atoms with Crippen molar-refractivity contribution in [1.29, 1.82) is 0 Å². The summed E-state index contributed by atoms with van der Waals surface area (Å²) >= 11 is 0. The fourth-order valence-corrected chi connectivity index (χ4v) is 2.20. The highest BCUT2D eigenvalue weighted by atomic mass is 16.3. The molecule has 0 saturated carbocycles. The number of phenolic OH excluding ortho intramolecular Hbond substituents is 1. The van der Waals surface area contributed by atoms with Crippen LogP contribution in [-0.2, 0) is 0 Å². The first-order chi connectivity index (χ1) is 10.1. The van der Waals surface area contributed by atoms with Gasteiger partial charge in [0.15, 0.2) is 5.78 Å². The van der Waals surface area contributed by atoms with Crippen molar-refractivity contribution in [3.8, 4) is 5.75 Å². The zero-order valence-corrected chi connectivity index (χ0v) is 11.2. The van der Waals surface area contributed by atoms with Crippen LogP contribution in [0.15, 0.2) is 47.7 Å². The highest BCUT2D eigenvalue weighted by molar-refractivity contribution is 6.33. The molecule has 0 aliphatic carbocycles. The van der Waals surface area contributed by atoms with Gasteiger partial charge in [0.05, 0.1) is 18.0 Å². The minimum Gasteiger partial charge on any atom is -0.507 e. The molecule has 0 bridgehead atoms. The Labute approximate surface area is 123 Å². The summed E-state index contributed by atoms with van der Waals surface area (Å²) in [5.74, 6) is -0.0265. The standard InChI is InChI=1S/C15H12BN3O2/c16-11-4-5-13(20)12(7-11)15(21)10-8-18-19(9-10)14-3-1-2-6-17-14/h1-8,10,20H,9H2. The number of ketones is 1. The van der Waals surface area contributed by atoms with Gasteiger partial charge in [-0.2, -0.15) is 5.10 Å². The lowest BCUT2D eigenvalue weighted by atomic mass is 9.90. The van der Waals surface area contributed by atoms with Crippen molar-refractivity contribution < 1.29 is 9.90 Å². The maximum atomic E-state index is 12.4. The largest absolute Gasteiger partial charge is 0.507 e. The first-order valence-corrected chi connectivity index (χ1v) is 6.50. The third-order valence-corrected chi connectivity index (χ3v) is 3.29. The van der Waals surface area contributed by atoms with Gasteiger partial charge in [-0.25, -0.2) is 9.99 Å². The lowest BCUT2D eigenvalue weighted by Gasteiger charge is -2.14. The molecule has 2 heterocycles. The van der Waals surface area contributed by atoms with Crippen LogP contribution in [0.4, 0.5) is 5.82 Å². The Balaban J connectivity index is 1.79. The van der Waals surface area contributed by atoms with Crippen molar-refractivity contribution in [3.63, 3.8) is 0 Å². The average Bonchev–Trinajstić information content (AvgIpc) is 3.00. The minimum atomic E-state index is -0.431. The van der Waals surface area contributed by atoms with Crippen molar-refractivity contribution in [2.75, 3.05) is 11.6 Å². The molecule has 1 aliphatic rings. The second-order valence-corrected chi connectivity index (χ2v) is 4.78. The van der Waals surface area contributed by atoms with E-state index in [4.69, 9.17) is 7.85 Å². The third kappa shape index (κ3) is 2.65. The molecular weight excluding hydrogens is 265 g/mol. The van der Waals surface area contributed by atoms with E-state index in [1.807, 2.05) is 18.2 Å². The molecule has 1 unspecified atom stereocenters. The normalized spacial score (nSPS) is 17.1. The zero-order chi connectivity index (χ0) is 14.8. The van der Waals surface area contributed by atoms with Crippen LogP contribution in [0.25, 0.3) is 0 Å². The molecular formula is C15H12BN3O2. The number of benzene rings is 1. The monoisotopic (exact) mass is 277 g/mol. The molecule has 2 aromatic rings. The number of hydrogen-bond donors (Lipinski definition) is 1. The van der Waals surface area contributed by atoms with Gasteiger partial charge in [0, 0.05) is 12.4 Å². The molecule has 1 aromatic heterocycles. The van der Waals surface area contributed by atoms with Gasteiger partial charge in [0.25, 0.3) is 0 Å². The number of aromatic nitrogens is 1. The van der Waals surface area contributed by atoms with Gasteiger partial charge >= 0.3 is 0 Å². The highest BCUT2D eigenvalue weighted by Crippen LogP contribution is 2.23. The second-order valence-electron chi connectivity index (χ2n) is 4.78. The van der Waals surface area contributed by atoms with Crippen molar-refractivity contribution in [3.05, 3.63) is 48.2 Å². The van der Waals surface area contributed by atoms with Gasteiger partial charge < -0.3 is 5.11 Å². The number of aromatic hydroxyl groups is 1. The molecule has 1 atom stereocenters. The smallest absolute Gasteiger partial charge is 0.176 e. The average molecular weight is 277 g/mol. The summed E-state index contributed by atoms with van der Waals surface area (Å²) in [5.41, 5.74) is 0.655. The summed E-state index contributed by atoms with van der Waals surface area (Å²) in [5, 5.41) is 15.7. The van der Waals surface area contributed by atoms with Crippen LogP contribution in [0.2, 0.25) is 0 Å². The molecule has 5 nitrogen and oxygen atoms in total. The minimum absolute atomic E-state index is 0.0705. The molecule has 0 spiro atoms. The molecule has 102 valence electrons. The number of phenols is 1. The van der Waals surface area contributed by atoms with Crippen molar-refractivity contribution in [2.45, 2.75) is 0 Å². The number of carbonyl (C=O) groups excluding carboxylic acids is 1. The summed E-state index contributed by atoms with van der Waals surface area (Å²) in [7, 11) is 5.66. The SMILES string of the molecule is [B]c1ccc(O)c(C(=O)C2C=NN(c3ccccn3)C2)c1. The highest BCUT2D eigenvalue weighted by Gasteiger charge is 2.28. The molecule has 1 aliphatic heterocycles. The Bertz CT molecular complexity index is 703. The van der Waals surface area contributed by atoms with E-state index in [1.54, 1.807) is 23.5 Å². The van der Waals surface area contributed by atoms with E-state index < -0.39 is 5.92 Å². The summed E-state index contributed by atoms with van der Waals surface area (Å²) in [6.07, 6.45) is 3.24. The van der Waals surface area contributed by atoms with Crippen LogP contribution in [0.5, 0.6) is 5.75 Å². The topological polar surface area (TPSA) is 65.8 Å². The maximum absolute atomic E-state index is 12.4. The molecule has 0 saturated heterocycles. The van der Waals surface area contributed by atoms with Gasteiger partial charge in [-0.1, -0.05) is 23.7 Å². The Kier molecular flexibility index (Phi) is 3.44. The lowest BCUT2D eigenvalue weighted by molar-refractivity contribution is 0.0959. The molecule has 6 heteroatoms. The molecule has 0 fully saturated rings. The molecule has 1 aromatic carbocycles. The van der Waals surface area contributed by atoms with Gasteiger partial charge in [-0.15, -0.1) is 0 Å². The number of Topliss-reactive ketones (excluding diaryl/α,β-unsaturated/α-hetero) is 1. The van der Waals surface area contributed by atoms with Crippen LogP contribution >= 0.6 is 0 Å². The van der Waals surface area contributed by atoms with Crippen molar-refractivity contribution >= 4 is 31.1 Å². The summed E-state index contributed by atoms with van der Waals surface area (Å²) < 4.78 is 0. The first-order valence-electron chi connectivity index (χ1n) is 6.50. The van der Waals surface area contributed by atoms with Gasteiger partial charge in [0.2, 0.25) is 0 Å². The first kappa shape index (κ1) is 13.4. The van der Waals surface area contributed by atoms with Crippen molar-refractivity contribution in [2.24, 2.45) is 11.0 Å². The van der Waals surface area contributed by atoms with E-state index in [0.717, 1.165) is 0 Å². The van der Waals surface area contributed by atoms with Crippen LogP contribution in [-0.4, -0.2) is 36.5 Å². The zero-order valence-electron chi connectivity index (χ0n) is 11.2. The fourth-order valence-electron chi connectivity index (χ4n) is 2.20. The summed E-state index contributed by atoms with van der Waals surface area (Å²) in [6.45, 7) is 0.393. The quantitative estimate of drug-likeness (QED) is 0.668. The maximum Gasteiger partial charge on any atom is 0.176 e. The van der Waals surface area contributed by atoms with Gasteiger partial charge in [-0.3, -0.25) is 4.79 Å². The Morgan fingerprint density at radius 2 is 2.19 bits per heavy atom. The fraction of sp³-hybridized carbons (Fsp3) is 0.133. The molecule has 21 heavy (non-hydrogen) atoms. The summed E-state index contributed by atoms with van der Waals surface area (Å²) in [4.78, 5) is 16.6. The predicted octanol–water partition coefficient (Wildman–Crippen LogP) is 0.886. The number of carbonyl (C=O) groups is 1. The number of pyridine rings is 1. The van der Waals surface area contributed by atoms with Crippen LogP contribution < -0.4 is 10.5 Å². The van der Waals surface area contributed by atoms with Crippen LogP contribution in [0.1, 0.15) is 10.4 Å². The predicted molar refractivity (Wildman–Crippen MR) is 81.4 cm³/mol. The lowest BCUT2D eigenvalue weighted by Crippen LogP contribution is -2.25. The Morgan fingerprint density at radius 3 is 2.95 bits per heavy atom. The molecule has 1 N–H and O–H groups in total. The molecule has 3 rings (SSSR count). The molecule has 0 amide bonds. The van der Waals surface area contributed by atoms with Gasteiger partial charge in [-0.05, 0) is 18.2 Å². The summed E-state index contributed by atoms with van der Waals surface area (Å²) in [6, 6.07) is 9.95. The van der Waals surface area contributed by atoms with Gasteiger partial charge in [0.1, 0.15) is 19.4 Å². The number of nitrogens with zero attached hydrogens (tertiary/aromatic N) is 3. The van der Waals surface area contributed by atoms with E-state index in [2.05, 4.69) is 10.1 Å². The van der Waals surface area contributed by atoms with E-state index >= 15 is 0 Å². The third-order valence-electron chi connectivity index (χ3n) is 3.29. The van der Waals surface area contributed by atoms with E-state index in [0.29, 0.717) is 17.8 Å². The Morgan fingerprint density at radius 1 is 1.33 bits per heavy atom. The van der Waals surface area contributed by atoms with Crippen LogP contribution in [0.3, 0.4) is 0 Å². The number of hydrogen-bond acceptors (Lipinski definition) is 5. The molecule has 2 radical (unpaired) electrons. The van der Waals surface area contributed by atoms with E-state index in [-0.39, 0.29) is 17.1 Å². The number of hydrazone groups is 1. The van der Waals surface area contributed by atoms with E-state index in [1.165, 1.54) is 12.1 Å². The number of anilines is 1. The van der Waals surface area contributed by atoms with Crippen LogP contribution in [0, 0.1) is 5.92 Å².